The van der Waals surface area contributed by atoms with Crippen molar-refractivity contribution in [2.24, 2.45) is 0 Å². The SMILES string of the molecule is CN(CCC#N)c1[c-]cccc1.[Y].[Y].[Y]. The fourth-order valence-corrected chi connectivity index (χ4v) is 0.959. The van der Waals surface area contributed by atoms with Crippen molar-refractivity contribution >= 4 is 5.69 Å². The first-order valence-electron chi connectivity index (χ1n) is 3.89. The molecule has 0 amide bonds. The Bertz CT molecular complexity index is 272. The second-order valence-corrected chi connectivity index (χ2v) is 2.58. The van der Waals surface area contributed by atoms with Crippen LogP contribution in [0.25, 0.3) is 0 Å². The maximum Gasteiger partial charge on any atom is 0.0640 e. The number of nitrogens with zero attached hydrogens (tertiary/aromatic N) is 2. The molecular weight excluding hydrogens is 415 g/mol. The predicted molar refractivity (Wildman–Crippen MR) is 48.8 cm³/mol. The quantitative estimate of drug-likeness (QED) is 0.691. The molecule has 0 aliphatic carbocycles. The van der Waals surface area contributed by atoms with Gasteiger partial charge in [0.15, 0.2) is 0 Å². The molecule has 71 valence electrons. The van der Waals surface area contributed by atoms with Crippen molar-refractivity contribution in [2.75, 3.05) is 18.5 Å². The largest absolute Gasteiger partial charge is 0.396 e. The zero-order valence-corrected chi connectivity index (χ0v) is 17.4. The summed E-state index contributed by atoms with van der Waals surface area (Å²) in [6.07, 6.45) is 0.555. The molecule has 5 heteroatoms. The average molecular weight is 426 g/mol. The summed E-state index contributed by atoms with van der Waals surface area (Å²) in [6.45, 7) is 0.761. The standard InChI is InChI=1S/C10H11N2.3Y/c1-12(9-5-8-11)10-6-3-2-4-7-10;;;/h2-4,6H,5,9H2,1H3;;;/q-1;;;. The zero-order chi connectivity index (χ0) is 8.81. The maximum absolute atomic E-state index is 8.38. The third kappa shape index (κ3) is 9.52. The maximum atomic E-state index is 8.38. The van der Waals surface area contributed by atoms with Gasteiger partial charge in [0.05, 0.1) is 12.5 Å². The molecule has 0 N–H and O–H groups in total. The molecule has 0 heterocycles. The van der Waals surface area contributed by atoms with Gasteiger partial charge in [-0.2, -0.15) is 29.5 Å². The first-order chi connectivity index (χ1) is 5.84. The molecular formula is C10H11N2Y3-. The van der Waals surface area contributed by atoms with E-state index in [9.17, 15) is 0 Å². The van der Waals surface area contributed by atoms with Crippen LogP contribution >= 0.6 is 0 Å². The Morgan fingerprint density at radius 1 is 1.33 bits per heavy atom. The van der Waals surface area contributed by atoms with Crippen LogP contribution in [0.1, 0.15) is 6.42 Å². The molecule has 2 nitrogen and oxygen atoms in total. The van der Waals surface area contributed by atoms with Crippen LogP contribution in [0.2, 0.25) is 0 Å². The van der Waals surface area contributed by atoms with Crippen LogP contribution in [0.3, 0.4) is 0 Å². The summed E-state index contributed by atoms with van der Waals surface area (Å²) in [6, 6.07) is 13.0. The van der Waals surface area contributed by atoms with E-state index in [1.54, 1.807) is 0 Å². The minimum Gasteiger partial charge on any atom is -0.396 e. The Labute approximate surface area is 167 Å². The van der Waals surface area contributed by atoms with E-state index in [1.807, 2.05) is 36.2 Å². The normalized spacial score (nSPS) is 7.20. The Morgan fingerprint density at radius 3 is 2.47 bits per heavy atom. The van der Waals surface area contributed by atoms with Gasteiger partial charge in [-0.25, -0.2) is 0 Å². The van der Waals surface area contributed by atoms with Gasteiger partial charge in [0.2, 0.25) is 0 Å². The van der Waals surface area contributed by atoms with Gasteiger partial charge in [0, 0.05) is 112 Å². The van der Waals surface area contributed by atoms with Crippen LogP contribution in [-0.4, -0.2) is 13.6 Å². The summed E-state index contributed by atoms with van der Waals surface area (Å²) in [5.41, 5.74) is 1.03. The number of anilines is 1. The van der Waals surface area contributed by atoms with Gasteiger partial charge in [-0.05, 0) is 0 Å². The Hall–Kier alpha value is 1.82. The number of para-hydroxylation sites is 1. The van der Waals surface area contributed by atoms with E-state index in [2.05, 4.69) is 12.1 Å². The van der Waals surface area contributed by atoms with Crippen molar-refractivity contribution < 1.29 is 98.1 Å². The Kier molecular flexibility index (Phi) is 20.4. The molecule has 0 unspecified atom stereocenters. The van der Waals surface area contributed by atoms with E-state index in [0.717, 1.165) is 12.2 Å². The molecule has 1 aromatic carbocycles. The molecule has 0 spiro atoms. The predicted octanol–water partition coefficient (Wildman–Crippen LogP) is 1.83. The first-order valence-corrected chi connectivity index (χ1v) is 3.89. The van der Waals surface area contributed by atoms with Crippen molar-refractivity contribution in [3.63, 3.8) is 0 Å². The van der Waals surface area contributed by atoms with Crippen LogP contribution in [-0.2, 0) is 98.1 Å². The second-order valence-electron chi connectivity index (χ2n) is 2.58. The van der Waals surface area contributed by atoms with Crippen molar-refractivity contribution in [3.8, 4) is 6.07 Å². The van der Waals surface area contributed by atoms with Gasteiger partial charge < -0.3 is 4.90 Å². The molecule has 15 heavy (non-hydrogen) atoms. The fourth-order valence-electron chi connectivity index (χ4n) is 0.959. The molecule has 0 saturated carbocycles. The van der Waals surface area contributed by atoms with Crippen molar-refractivity contribution in [3.05, 3.63) is 30.3 Å². The van der Waals surface area contributed by atoms with Crippen LogP contribution < -0.4 is 4.90 Å². The molecule has 1 aromatic rings. The van der Waals surface area contributed by atoms with E-state index >= 15 is 0 Å². The fraction of sp³-hybridized carbons (Fsp3) is 0.300. The monoisotopic (exact) mass is 426 g/mol. The molecule has 0 bridgehead atoms. The topological polar surface area (TPSA) is 27.0 Å². The van der Waals surface area contributed by atoms with Crippen LogP contribution in [0.5, 0.6) is 0 Å². The van der Waals surface area contributed by atoms with Gasteiger partial charge in [-0.15, -0.1) is 6.07 Å². The van der Waals surface area contributed by atoms with Crippen molar-refractivity contribution in [1.82, 2.24) is 0 Å². The summed E-state index contributed by atoms with van der Waals surface area (Å²) in [5.74, 6) is 0. The molecule has 0 fully saturated rings. The van der Waals surface area contributed by atoms with Gasteiger partial charge in [0.1, 0.15) is 0 Å². The van der Waals surface area contributed by atoms with Crippen LogP contribution in [0.4, 0.5) is 5.69 Å². The molecule has 0 aliphatic heterocycles. The number of benzene rings is 1. The summed E-state index contributed by atoms with van der Waals surface area (Å²) in [7, 11) is 1.96. The average Bonchev–Trinajstić information content (AvgIpc) is 2.15. The third-order valence-corrected chi connectivity index (χ3v) is 1.66. The summed E-state index contributed by atoms with van der Waals surface area (Å²) in [4.78, 5) is 2.02. The third-order valence-electron chi connectivity index (χ3n) is 1.66. The van der Waals surface area contributed by atoms with E-state index in [4.69, 9.17) is 5.26 Å². The zero-order valence-electron chi connectivity index (χ0n) is 8.85. The Morgan fingerprint density at radius 2 is 2.00 bits per heavy atom. The molecule has 3 radical (unpaired) electrons. The van der Waals surface area contributed by atoms with E-state index in [1.165, 1.54) is 0 Å². The van der Waals surface area contributed by atoms with Gasteiger partial charge in [-0.1, -0.05) is 5.69 Å². The molecule has 0 saturated heterocycles. The van der Waals surface area contributed by atoms with Crippen LogP contribution in [0, 0.1) is 17.4 Å². The smallest absolute Gasteiger partial charge is 0.0640 e. The molecule has 1 rings (SSSR count). The Balaban J connectivity index is -0.000000480. The van der Waals surface area contributed by atoms with E-state index in [-0.39, 0.29) is 98.1 Å². The van der Waals surface area contributed by atoms with E-state index in [0.29, 0.717) is 6.42 Å². The van der Waals surface area contributed by atoms with Crippen molar-refractivity contribution in [1.29, 1.82) is 5.26 Å². The molecule has 0 aromatic heterocycles. The number of hydrogen-bond acceptors (Lipinski definition) is 2. The second kappa shape index (κ2) is 13.9. The summed E-state index contributed by atoms with van der Waals surface area (Å²) < 4.78 is 0. The molecule has 0 aliphatic rings. The minimum atomic E-state index is 0. The van der Waals surface area contributed by atoms with Gasteiger partial charge >= 0.3 is 0 Å². The van der Waals surface area contributed by atoms with Crippen molar-refractivity contribution in [2.45, 2.75) is 6.42 Å². The van der Waals surface area contributed by atoms with Crippen LogP contribution in [0.15, 0.2) is 24.3 Å². The van der Waals surface area contributed by atoms with Gasteiger partial charge in [-0.3, -0.25) is 0 Å². The minimum absolute atomic E-state index is 0. The van der Waals surface area contributed by atoms with E-state index < -0.39 is 0 Å². The number of hydrogen-bond donors (Lipinski definition) is 0. The number of nitriles is 1. The summed E-state index contributed by atoms with van der Waals surface area (Å²) in [5, 5.41) is 8.38. The van der Waals surface area contributed by atoms with Gasteiger partial charge in [0.25, 0.3) is 0 Å². The molecule has 0 atom stereocenters. The number of rotatable bonds is 3. The first kappa shape index (κ1) is 22.0. The summed E-state index contributed by atoms with van der Waals surface area (Å²) >= 11 is 0.